The Kier molecular flexibility index (Phi) is 79.1. The van der Waals surface area contributed by atoms with E-state index in [1.807, 2.05) is 18.2 Å². The van der Waals surface area contributed by atoms with E-state index in [1.165, 1.54) is 185 Å². The van der Waals surface area contributed by atoms with Crippen molar-refractivity contribution in [2.45, 2.75) is 239 Å². The number of aliphatic carboxylic acids is 1. The average Bonchev–Trinajstić information content (AvgIpc) is 4.29. The summed E-state index contributed by atoms with van der Waals surface area (Å²) in [5.41, 5.74) is 0. The van der Waals surface area contributed by atoms with E-state index in [1.54, 1.807) is 55.6 Å². The van der Waals surface area contributed by atoms with Crippen LogP contribution in [0.4, 0.5) is 0 Å². The van der Waals surface area contributed by atoms with E-state index in [-0.39, 0.29) is 37.7 Å². The fraction of sp³-hybridized carbons (Fsp3) is 0.567. The molecule has 4 heterocycles. The van der Waals surface area contributed by atoms with E-state index in [0.29, 0.717) is 6.42 Å². The second-order valence-corrected chi connectivity index (χ2v) is 19.1. The van der Waals surface area contributed by atoms with E-state index < -0.39 is 5.97 Å². The third-order valence-corrected chi connectivity index (χ3v) is 12.0. The van der Waals surface area contributed by atoms with Crippen molar-refractivity contribution in [2.24, 2.45) is 0 Å². The van der Waals surface area contributed by atoms with Crippen molar-refractivity contribution in [1.82, 2.24) is 0 Å². The molecule has 0 saturated heterocycles. The maximum atomic E-state index is 10.3. The Morgan fingerprint density at radius 2 is 0.803 bits per heavy atom. The smallest absolute Gasteiger partial charge is 0.599 e. The first-order chi connectivity index (χ1) is 36.6. The van der Waals surface area contributed by atoms with E-state index >= 15 is 0 Å². The van der Waals surface area contributed by atoms with Crippen LogP contribution >= 0.6 is 15.9 Å². The molecule has 0 bridgehead atoms. The first kappa shape index (κ1) is 79.2. The second kappa shape index (κ2) is 75.9. The molecule has 418 valence electrons. The third-order valence-electron chi connectivity index (χ3n) is 11.4. The minimum atomic E-state index is -0.673. The van der Waals surface area contributed by atoms with Gasteiger partial charge in [0.15, 0.2) is 0 Å². The molecule has 0 atom stereocenters. The number of allylic oxidation sites excluding steroid dienone is 12. The van der Waals surface area contributed by atoms with Crippen molar-refractivity contribution in [1.29, 1.82) is 0 Å². The fourth-order valence-corrected chi connectivity index (χ4v) is 7.46. The topological polar surface area (TPSA) is 89.9 Å². The third kappa shape index (κ3) is 77.2. The van der Waals surface area contributed by atoms with Gasteiger partial charge in [0.25, 0.3) is 0 Å². The van der Waals surface area contributed by atoms with E-state index in [2.05, 4.69) is 141 Å². The molecule has 0 saturated carbocycles. The second-order valence-electron chi connectivity index (χ2n) is 18.3. The van der Waals surface area contributed by atoms with Gasteiger partial charge in [0, 0.05) is 18.2 Å². The molecule has 0 aromatic carbocycles. The Bertz CT molecular complexity index is 1580. The molecule has 6 nitrogen and oxygen atoms in total. The van der Waals surface area contributed by atoms with Crippen LogP contribution in [-0.2, 0) is 11.2 Å². The van der Waals surface area contributed by atoms with E-state index in [9.17, 15) is 4.79 Å². The molecule has 1 N–H and O–H groups in total. The molecule has 4 rings (SSSR count). The molecule has 4 aromatic rings. The van der Waals surface area contributed by atoms with Crippen LogP contribution in [0.5, 0.6) is 0 Å². The summed E-state index contributed by atoms with van der Waals surface area (Å²) in [7, 11) is 0. The normalized spacial score (nSPS) is 10.7. The number of hydrogen-bond acceptors (Lipinski definition) is 5. The number of carboxylic acids is 1. The molecule has 0 aliphatic carbocycles. The number of furan rings is 4. The molecule has 0 unspecified atom stereocenters. The van der Waals surface area contributed by atoms with Crippen LogP contribution in [0.3, 0.4) is 0 Å². The average molecular weight is 1100 g/mol. The number of alkyl halides is 1. The fourth-order valence-electron chi connectivity index (χ4n) is 7.06. The van der Waals surface area contributed by atoms with Crippen LogP contribution in [0.15, 0.2) is 170 Å². The molecule has 0 radical (unpaired) electrons. The summed E-state index contributed by atoms with van der Waals surface area (Å²) in [4.78, 5) is 10.3. The minimum absolute atomic E-state index is 0. The largest absolute Gasteiger partial charge is 1.00 e. The molecule has 0 aliphatic heterocycles. The van der Waals surface area contributed by atoms with Crippen LogP contribution in [0.25, 0.3) is 0 Å². The van der Waals surface area contributed by atoms with Gasteiger partial charge in [-0.1, -0.05) is 231 Å². The zero-order chi connectivity index (χ0) is 53.8. The maximum Gasteiger partial charge on any atom is 1.00 e. The number of hydrogen-bond donors (Lipinski definition) is 1. The Balaban J connectivity index is -0.000000442. The monoisotopic (exact) mass is 1100 g/mol. The molecule has 0 spiro atoms. The SMILES string of the molecule is CCCCC/C=C\C=C\CCCCCCCC(=O)O.CCCCC/C=C\C=C\CCCCCCCCBr.CCCCC/C=C\C=C\CCCCCCCCc1ccco1.[Li+].[Li+].[c-]1ccco1.[c-]1ccco1.c1ccoc1. The minimum Gasteiger partial charge on any atom is -0.599 e. The van der Waals surface area contributed by atoms with E-state index in [4.69, 9.17) is 9.52 Å². The molecule has 4 aromatic heterocycles. The first-order valence-electron chi connectivity index (χ1n) is 29.1. The van der Waals surface area contributed by atoms with Gasteiger partial charge in [0.05, 0.1) is 18.8 Å². The Morgan fingerprint density at radius 3 is 1.08 bits per heavy atom. The van der Waals surface area contributed by atoms with Crippen molar-refractivity contribution in [3.63, 3.8) is 0 Å². The quantitative estimate of drug-likeness (QED) is 0.0157. The van der Waals surface area contributed by atoms with Gasteiger partial charge in [0.2, 0.25) is 0 Å². The zero-order valence-corrected chi connectivity index (χ0v) is 50.6. The number of unbranched alkanes of at least 4 members (excludes halogenated alkanes) is 26. The van der Waals surface area contributed by atoms with Crippen LogP contribution in [0.1, 0.15) is 238 Å². The summed E-state index contributed by atoms with van der Waals surface area (Å²) in [6.07, 6.45) is 82.4. The summed E-state index contributed by atoms with van der Waals surface area (Å²) >= 11 is 3.47. The number of aryl methyl sites for hydroxylation is 1. The van der Waals surface area contributed by atoms with Crippen molar-refractivity contribution in [2.75, 3.05) is 5.33 Å². The van der Waals surface area contributed by atoms with Crippen molar-refractivity contribution >= 4 is 21.9 Å². The molecule has 0 fully saturated rings. The first-order valence-corrected chi connectivity index (χ1v) is 30.3. The van der Waals surface area contributed by atoms with Gasteiger partial charge < -0.3 is 22.8 Å². The van der Waals surface area contributed by atoms with Gasteiger partial charge in [-0.3, -0.25) is 4.79 Å². The number of rotatable bonds is 40. The van der Waals surface area contributed by atoms with Crippen molar-refractivity contribution < 1.29 is 65.3 Å². The summed E-state index contributed by atoms with van der Waals surface area (Å²) in [5.74, 6) is 0.460. The standard InChI is InChI=1S/C21H34O.C17H31Br.C17H30O2.C4H4O.2C4H3O.2Li/c1-2-3-4-5-6-7-8-9-10-11-12-13-14-15-16-18-21-19-17-20-22-21;1-2-3-4-5-6-7-8-9-10-11-12-13-14-15-16-17-18;1-2-3-4-5-6-7-8-9-10-11-12-13-14-15-16-17(18)19;3*1-2-4-5-3-1;;/h6-9,17,19-20H,2-5,10-16,18H2,1H3;6-9H,2-5,10-17H2,1H3;6-9H,2-5,10-16H2,1H3,(H,18,19);1-4H;2*1-3H;;/q;;;;2*-1;2*+1/b3*7-6-,9-8+;;;;;. The molecule has 0 amide bonds. The van der Waals surface area contributed by atoms with E-state index in [0.717, 1.165) is 37.9 Å². The molecule has 0 aliphatic rings. The van der Waals surface area contributed by atoms with Gasteiger partial charge in [-0.2, -0.15) is 12.1 Å². The predicted molar refractivity (Wildman–Crippen MR) is 322 cm³/mol. The van der Waals surface area contributed by atoms with Gasteiger partial charge in [0.1, 0.15) is 5.76 Å². The van der Waals surface area contributed by atoms with Gasteiger partial charge in [-0.25, -0.2) is 0 Å². The molecule has 9 heteroatoms. The van der Waals surface area contributed by atoms with Crippen LogP contribution < -0.4 is 37.7 Å². The summed E-state index contributed by atoms with van der Waals surface area (Å²) in [6, 6.07) is 14.7. The van der Waals surface area contributed by atoms with Crippen LogP contribution in [0.2, 0.25) is 0 Å². The van der Waals surface area contributed by atoms with Crippen LogP contribution in [0, 0.1) is 12.5 Å². The predicted octanol–water partition coefficient (Wildman–Crippen LogP) is 17.0. The summed E-state index contributed by atoms with van der Waals surface area (Å²) in [5, 5.41) is 9.66. The zero-order valence-electron chi connectivity index (χ0n) is 49.0. The van der Waals surface area contributed by atoms with Crippen molar-refractivity contribution in [3.8, 4) is 0 Å². The Labute approximate surface area is 499 Å². The molecular formula is C67H105BrLi2O6. The Morgan fingerprint density at radius 1 is 0.447 bits per heavy atom. The number of carboxylic acid groups (broad SMARTS) is 1. The number of halogens is 1. The van der Waals surface area contributed by atoms with Gasteiger partial charge >= 0.3 is 43.7 Å². The molecule has 76 heavy (non-hydrogen) atoms. The van der Waals surface area contributed by atoms with Crippen molar-refractivity contribution in [3.05, 3.63) is 171 Å². The maximum absolute atomic E-state index is 10.3. The Hall–Kier alpha value is -3.30. The van der Waals surface area contributed by atoms with Gasteiger partial charge in [-0.15, -0.1) is 12.1 Å². The van der Waals surface area contributed by atoms with Gasteiger partial charge in [-0.05, 0) is 133 Å². The number of carbonyl (C=O) groups is 1. The summed E-state index contributed by atoms with van der Waals surface area (Å²) < 4.78 is 18.8. The summed E-state index contributed by atoms with van der Waals surface area (Å²) in [6.45, 7) is 6.73. The van der Waals surface area contributed by atoms with Crippen LogP contribution in [-0.4, -0.2) is 16.4 Å². The molecular weight excluding hydrogens is 995 g/mol.